The Morgan fingerprint density at radius 1 is 1.33 bits per heavy atom. The highest BCUT2D eigenvalue weighted by molar-refractivity contribution is 9.10. The fraction of sp³-hybridized carbons (Fsp3) is 0.500. The van der Waals surface area contributed by atoms with Crippen LogP contribution in [0.2, 0.25) is 0 Å². The number of halogens is 1. The number of hydrogen-bond donors (Lipinski definition) is 1. The van der Waals surface area contributed by atoms with Crippen molar-refractivity contribution >= 4 is 27.7 Å². The van der Waals surface area contributed by atoms with E-state index in [1.165, 1.54) is 10.0 Å². The lowest BCUT2D eigenvalue weighted by atomic mass is 10.1. The Hall–Kier alpha value is 0.01000. The first-order chi connectivity index (χ1) is 7.15. The first-order valence-electron chi connectivity index (χ1n) is 5.15. The van der Waals surface area contributed by atoms with Gasteiger partial charge in [-0.25, -0.2) is 0 Å². The minimum Gasteiger partial charge on any atom is -0.309 e. The van der Waals surface area contributed by atoms with E-state index in [-0.39, 0.29) is 0 Å². The summed E-state index contributed by atoms with van der Waals surface area (Å²) in [6, 6.07) is 8.77. The molecule has 1 nitrogen and oxygen atoms in total. The maximum absolute atomic E-state index is 3.58. The van der Waals surface area contributed by atoms with Gasteiger partial charge in [-0.05, 0) is 24.8 Å². The third-order valence-corrected chi connectivity index (χ3v) is 4.18. The number of rotatable bonds is 5. The first-order valence-corrected chi connectivity index (χ1v) is 7.24. The molecule has 1 aromatic carbocycles. The first kappa shape index (κ1) is 13.1. The molecule has 2 unspecified atom stereocenters. The van der Waals surface area contributed by atoms with Crippen LogP contribution in [-0.2, 0) is 0 Å². The Kier molecular flexibility index (Phi) is 5.72. The molecule has 0 aliphatic rings. The van der Waals surface area contributed by atoms with Crippen LogP contribution < -0.4 is 5.32 Å². The molecule has 0 aromatic heterocycles. The van der Waals surface area contributed by atoms with E-state index >= 15 is 0 Å². The summed E-state index contributed by atoms with van der Waals surface area (Å²) < 4.78 is 1.18. The second-order valence-corrected chi connectivity index (χ2v) is 5.83. The fourth-order valence-electron chi connectivity index (χ4n) is 1.36. The van der Waals surface area contributed by atoms with Crippen molar-refractivity contribution in [3.05, 3.63) is 34.3 Å². The van der Waals surface area contributed by atoms with Gasteiger partial charge in [0.2, 0.25) is 0 Å². The highest BCUT2D eigenvalue weighted by Crippen LogP contribution is 2.22. The van der Waals surface area contributed by atoms with Gasteiger partial charge in [0.1, 0.15) is 0 Å². The van der Waals surface area contributed by atoms with Crippen molar-refractivity contribution in [2.75, 3.05) is 12.8 Å². The zero-order chi connectivity index (χ0) is 11.3. The van der Waals surface area contributed by atoms with Crippen molar-refractivity contribution in [3.8, 4) is 0 Å². The molecule has 2 atom stereocenters. The molecule has 0 aliphatic carbocycles. The molecule has 1 aromatic rings. The zero-order valence-electron chi connectivity index (χ0n) is 9.46. The average molecular weight is 288 g/mol. The molecule has 0 fully saturated rings. The Balaban J connectivity index is 2.54. The quantitative estimate of drug-likeness (QED) is 0.883. The van der Waals surface area contributed by atoms with Crippen LogP contribution in [0.5, 0.6) is 0 Å². The minimum absolute atomic E-state index is 0.398. The average Bonchev–Trinajstić information content (AvgIpc) is 2.26. The van der Waals surface area contributed by atoms with Gasteiger partial charge in [-0.1, -0.05) is 41.1 Å². The predicted molar refractivity (Wildman–Crippen MR) is 73.5 cm³/mol. The van der Waals surface area contributed by atoms with Crippen molar-refractivity contribution in [3.63, 3.8) is 0 Å². The molecule has 0 saturated heterocycles. The normalized spacial score (nSPS) is 14.9. The van der Waals surface area contributed by atoms with E-state index in [0.29, 0.717) is 11.3 Å². The molecule has 0 amide bonds. The molecule has 1 rings (SSSR count). The maximum Gasteiger partial charge on any atom is 0.0303 e. The van der Waals surface area contributed by atoms with Gasteiger partial charge in [-0.3, -0.25) is 0 Å². The van der Waals surface area contributed by atoms with Gasteiger partial charge in [0.15, 0.2) is 0 Å². The van der Waals surface area contributed by atoms with Crippen LogP contribution in [-0.4, -0.2) is 18.1 Å². The summed E-state index contributed by atoms with van der Waals surface area (Å²) >= 11 is 5.47. The zero-order valence-corrected chi connectivity index (χ0v) is 11.9. The summed E-state index contributed by atoms with van der Waals surface area (Å²) in [7, 11) is 0. The van der Waals surface area contributed by atoms with Crippen LogP contribution >= 0.6 is 27.7 Å². The number of benzene rings is 1. The monoisotopic (exact) mass is 287 g/mol. The summed E-state index contributed by atoms with van der Waals surface area (Å²) in [6.07, 6.45) is 2.15. The number of nitrogens with one attached hydrogen (secondary N) is 1. The van der Waals surface area contributed by atoms with Gasteiger partial charge in [0, 0.05) is 22.3 Å². The molecule has 3 heteroatoms. The fourth-order valence-corrected chi connectivity index (χ4v) is 2.25. The number of hydrogen-bond acceptors (Lipinski definition) is 2. The lowest BCUT2D eigenvalue weighted by Crippen LogP contribution is -2.25. The van der Waals surface area contributed by atoms with Gasteiger partial charge in [0.05, 0.1) is 0 Å². The van der Waals surface area contributed by atoms with Crippen LogP contribution in [0.3, 0.4) is 0 Å². The standard InChI is InChI=1S/C12H18BrNS/c1-9(15-3)8-14-10(2)11-6-4-5-7-12(11)13/h4-7,9-10,14H,8H2,1-3H3. The van der Waals surface area contributed by atoms with Crippen LogP contribution in [0.1, 0.15) is 25.5 Å². The van der Waals surface area contributed by atoms with Gasteiger partial charge < -0.3 is 5.32 Å². The Morgan fingerprint density at radius 3 is 2.60 bits per heavy atom. The van der Waals surface area contributed by atoms with Gasteiger partial charge in [-0.2, -0.15) is 11.8 Å². The van der Waals surface area contributed by atoms with Crippen molar-refractivity contribution < 1.29 is 0 Å². The van der Waals surface area contributed by atoms with E-state index in [1.54, 1.807) is 0 Å². The van der Waals surface area contributed by atoms with Crippen molar-refractivity contribution in [1.29, 1.82) is 0 Å². The summed E-state index contributed by atoms with van der Waals surface area (Å²) in [5.74, 6) is 0. The van der Waals surface area contributed by atoms with Crippen LogP contribution in [0.15, 0.2) is 28.7 Å². The second-order valence-electron chi connectivity index (χ2n) is 3.70. The van der Waals surface area contributed by atoms with Crippen LogP contribution in [0.4, 0.5) is 0 Å². The lowest BCUT2D eigenvalue weighted by molar-refractivity contribution is 0.574. The summed E-state index contributed by atoms with van der Waals surface area (Å²) in [4.78, 5) is 0. The van der Waals surface area contributed by atoms with E-state index in [4.69, 9.17) is 0 Å². The molecular weight excluding hydrogens is 270 g/mol. The molecule has 0 saturated carbocycles. The van der Waals surface area contributed by atoms with E-state index in [1.807, 2.05) is 17.8 Å². The topological polar surface area (TPSA) is 12.0 Å². The molecular formula is C12H18BrNS. The van der Waals surface area contributed by atoms with E-state index < -0.39 is 0 Å². The third kappa shape index (κ3) is 4.17. The van der Waals surface area contributed by atoms with Gasteiger partial charge in [-0.15, -0.1) is 0 Å². The van der Waals surface area contributed by atoms with E-state index in [9.17, 15) is 0 Å². The molecule has 0 bridgehead atoms. The highest BCUT2D eigenvalue weighted by Gasteiger charge is 2.09. The molecule has 84 valence electrons. The molecule has 0 radical (unpaired) electrons. The van der Waals surface area contributed by atoms with E-state index in [2.05, 4.69) is 59.5 Å². The summed E-state index contributed by atoms with van der Waals surface area (Å²) in [5.41, 5.74) is 1.32. The third-order valence-electron chi connectivity index (χ3n) is 2.49. The van der Waals surface area contributed by atoms with Crippen molar-refractivity contribution in [2.24, 2.45) is 0 Å². The largest absolute Gasteiger partial charge is 0.309 e. The SMILES string of the molecule is CSC(C)CNC(C)c1ccccc1Br. The minimum atomic E-state index is 0.398. The summed E-state index contributed by atoms with van der Waals surface area (Å²) in [6.45, 7) is 5.49. The van der Waals surface area contributed by atoms with Crippen LogP contribution in [0.25, 0.3) is 0 Å². The van der Waals surface area contributed by atoms with Gasteiger partial charge in [0.25, 0.3) is 0 Å². The maximum atomic E-state index is 3.58. The second kappa shape index (κ2) is 6.56. The lowest BCUT2D eigenvalue weighted by Gasteiger charge is -2.18. The molecule has 0 heterocycles. The number of thioether (sulfide) groups is 1. The molecule has 1 N–H and O–H groups in total. The van der Waals surface area contributed by atoms with Crippen molar-refractivity contribution in [2.45, 2.75) is 25.1 Å². The summed E-state index contributed by atoms with van der Waals surface area (Å²) in [5, 5.41) is 4.20. The van der Waals surface area contributed by atoms with Gasteiger partial charge >= 0.3 is 0 Å². The highest BCUT2D eigenvalue weighted by atomic mass is 79.9. The Bertz CT molecular complexity index is 303. The van der Waals surface area contributed by atoms with Crippen LogP contribution in [0, 0.1) is 0 Å². The molecule has 0 aliphatic heterocycles. The molecule has 15 heavy (non-hydrogen) atoms. The molecule has 0 spiro atoms. The Morgan fingerprint density at radius 2 is 2.00 bits per heavy atom. The smallest absolute Gasteiger partial charge is 0.0303 e. The van der Waals surface area contributed by atoms with Crippen molar-refractivity contribution in [1.82, 2.24) is 5.32 Å². The van der Waals surface area contributed by atoms with E-state index in [0.717, 1.165) is 6.54 Å². The predicted octanol–water partition coefficient (Wildman–Crippen LogP) is 3.85. The Labute approximate surface area is 105 Å².